The van der Waals surface area contributed by atoms with Gasteiger partial charge in [0.1, 0.15) is 11.5 Å². The summed E-state index contributed by atoms with van der Waals surface area (Å²) < 4.78 is 10.1. The monoisotopic (exact) mass is 279 g/mol. The van der Waals surface area contributed by atoms with Crippen molar-refractivity contribution in [3.8, 4) is 11.5 Å². The Hall–Kier alpha value is -2.57. The first-order chi connectivity index (χ1) is 9.60. The van der Waals surface area contributed by atoms with E-state index in [4.69, 9.17) is 9.47 Å². The molecule has 2 rings (SSSR count). The van der Waals surface area contributed by atoms with Crippen molar-refractivity contribution in [1.29, 1.82) is 0 Å². The lowest BCUT2D eigenvalue weighted by Gasteiger charge is -2.12. The molecule has 0 spiro atoms. The van der Waals surface area contributed by atoms with Crippen molar-refractivity contribution >= 4 is 18.0 Å². The maximum atomic E-state index is 11.4. The molecule has 2 amide bonds. The standard InChI is InChI=1S/C13H13NO6/c1-2-18-9-3-5-10(6-4-9)19-13(17)20-14-11(15)7-8-12(14)16/h3-6H,2,7-8H2,1H3. The fourth-order valence-electron chi connectivity index (χ4n) is 1.62. The van der Waals surface area contributed by atoms with E-state index in [0.29, 0.717) is 17.4 Å². The highest BCUT2D eigenvalue weighted by Crippen LogP contribution is 2.19. The first-order valence-electron chi connectivity index (χ1n) is 6.08. The van der Waals surface area contributed by atoms with Gasteiger partial charge in [0.05, 0.1) is 6.61 Å². The molecule has 0 unspecified atom stereocenters. The normalized spacial score (nSPS) is 14.3. The molecule has 1 saturated heterocycles. The van der Waals surface area contributed by atoms with Crippen molar-refractivity contribution in [2.75, 3.05) is 6.61 Å². The van der Waals surface area contributed by atoms with Gasteiger partial charge < -0.3 is 9.47 Å². The van der Waals surface area contributed by atoms with E-state index < -0.39 is 18.0 Å². The van der Waals surface area contributed by atoms with Crippen molar-refractivity contribution in [1.82, 2.24) is 5.06 Å². The molecule has 0 aromatic heterocycles. The number of imide groups is 1. The minimum Gasteiger partial charge on any atom is -0.494 e. The van der Waals surface area contributed by atoms with Gasteiger partial charge in [-0.1, -0.05) is 5.06 Å². The van der Waals surface area contributed by atoms with Crippen LogP contribution in [0, 0.1) is 0 Å². The SMILES string of the molecule is CCOc1ccc(OC(=O)ON2C(=O)CCC2=O)cc1. The zero-order valence-corrected chi connectivity index (χ0v) is 10.8. The summed E-state index contributed by atoms with van der Waals surface area (Å²) in [6, 6.07) is 6.27. The van der Waals surface area contributed by atoms with Crippen LogP contribution in [0.1, 0.15) is 19.8 Å². The lowest BCUT2D eigenvalue weighted by molar-refractivity contribution is -0.174. The predicted molar refractivity (Wildman–Crippen MR) is 65.8 cm³/mol. The first kappa shape index (κ1) is 13.9. The van der Waals surface area contributed by atoms with Crippen molar-refractivity contribution in [3.63, 3.8) is 0 Å². The molecular weight excluding hydrogens is 266 g/mol. The third-order valence-electron chi connectivity index (χ3n) is 2.51. The molecule has 1 fully saturated rings. The Morgan fingerprint density at radius 3 is 2.20 bits per heavy atom. The molecule has 1 aliphatic rings. The number of carbonyl (C=O) groups excluding carboxylic acids is 3. The average molecular weight is 279 g/mol. The van der Waals surface area contributed by atoms with Crippen LogP contribution in [0.25, 0.3) is 0 Å². The summed E-state index contributed by atoms with van der Waals surface area (Å²) in [4.78, 5) is 38.5. The number of carbonyl (C=O) groups is 3. The third kappa shape index (κ3) is 3.25. The highest BCUT2D eigenvalue weighted by molar-refractivity contribution is 6.01. The van der Waals surface area contributed by atoms with Crippen molar-refractivity contribution < 1.29 is 28.7 Å². The molecule has 0 N–H and O–H groups in total. The van der Waals surface area contributed by atoms with Crippen LogP contribution in [0.2, 0.25) is 0 Å². The highest BCUT2D eigenvalue weighted by Gasteiger charge is 2.33. The molecule has 1 aliphatic heterocycles. The average Bonchev–Trinajstić information content (AvgIpc) is 2.73. The third-order valence-corrected chi connectivity index (χ3v) is 2.51. The zero-order valence-electron chi connectivity index (χ0n) is 10.8. The summed E-state index contributed by atoms with van der Waals surface area (Å²) in [6.45, 7) is 2.38. The van der Waals surface area contributed by atoms with Gasteiger partial charge in [0.2, 0.25) is 0 Å². The van der Waals surface area contributed by atoms with Crippen LogP contribution in [0.3, 0.4) is 0 Å². The second kappa shape index (κ2) is 6.05. The number of nitrogens with zero attached hydrogens (tertiary/aromatic N) is 1. The van der Waals surface area contributed by atoms with E-state index in [0.717, 1.165) is 0 Å². The van der Waals surface area contributed by atoms with Gasteiger partial charge in [0, 0.05) is 12.8 Å². The number of hydrogen-bond donors (Lipinski definition) is 0. The van der Waals surface area contributed by atoms with Gasteiger partial charge in [-0.3, -0.25) is 14.4 Å². The molecule has 0 bridgehead atoms. The fourth-order valence-corrected chi connectivity index (χ4v) is 1.62. The van der Waals surface area contributed by atoms with Crippen molar-refractivity contribution in [2.45, 2.75) is 19.8 Å². The number of rotatable bonds is 4. The number of amides is 2. The lowest BCUT2D eigenvalue weighted by atomic mass is 10.3. The van der Waals surface area contributed by atoms with E-state index >= 15 is 0 Å². The van der Waals surface area contributed by atoms with Gasteiger partial charge >= 0.3 is 6.16 Å². The highest BCUT2D eigenvalue weighted by atomic mass is 16.8. The molecule has 7 heteroatoms. The summed E-state index contributed by atoms with van der Waals surface area (Å²) in [5, 5.41) is 0.427. The van der Waals surface area contributed by atoms with Crippen LogP contribution in [0.5, 0.6) is 11.5 Å². The molecule has 1 aromatic carbocycles. The van der Waals surface area contributed by atoms with Crippen LogP contribution in [0.15, 0.2) is 24.3 Å². The summed E-state index contributed by atoms with van der Waals surface area (Å²) in [6.07, 6.45) is -1.07. The lowest BCUT2D eigenvalue weighted by Crippen LogP contribution is -2.33. The minimum absolute atomic E-state index is 0.0369. The summed E-state index contributed by atoms with van der Waals surface area (Å²) in [5.74, 6) is -0.257. The van der Waals surface area contributed by atoms with Gasteiger partial charge in [-0.2, -0.15) is 0 Å². The largest absolute Gasteiger partial charge is 0.539 e. The van der Waals surface area contributed by atoms with Crippen LogP contribution in [0.4, 0.5) is 4.79 Å². The number of benzene rings is 1. The minimum atomic E-state index is -1.14. The Bertz CT molecular complexity index is 508. The topological polar surface area (TPSA) is 82.1 Å². The number of hydrogen-bond acceptors (Lipinski definition) is 6. The summed E-state index contributed by atoms with van der Waals surface area (Å²) in [7, 11) is 0. The van der Waals surface area contributed by atoms with Gasteiger partial charge in [-0.15, -0.1) is 0 Å². The molecule has 106 valence electrons. The van der Waals surface area contributed by atoms with Crippen LogP contribution in [-0.4, -0.2) is 29.6 Å². The Morgan fingerprint density at radius 1 is 1.10 bits per heavy atom. The maximum absolute atomic E-state index is 11.4. The van der Waals surface area contributed by atoms with E-state index in [1.54, 1.807) is 12.1 Å². The molecule has 0 saturated carbocycles. The molecule has 0 aliphatic carbocycles. The molecule has 7 nitrogen and oxygen atoms in total. The van der Waals surface area contributed by atoms with Gasteiger partial charge in [0.25, 0.3) is 11.8 Å². The van der Waals surface area contributed by atoms with E-state index in [1.807, 2.05) is 6.92 Å². The van der Waals surface area contributed by atoms with Crippen LogP contribution < -0.4 is 9.47 Å². The van der Waals surface area contributed by atoms with Gasteiger partial charge in [0.15, 0.2) is 0 Å². The molecule has 0 radical (unpaired) electrons. The Morgan fingerprint density at radius 2 is 1.65 bits per heavy atom. The van der Waals surface area contributed by atoms with E-state index in [9.17, 15) is 14.4 Å². The second-order valence-corrected chi connectivity index (χ2v) is 3.93. The summed E-state index contributed by atoms with van der Waals surface area (Å²) >= 11 is 0. The molecule has 0 atom stereocenters. The van der Waals surface area contributed by atoms with E-state index in [2.05, 4.69) is 4.84 Å². The maximum Gasteiger partial charge on any atom is 0.539 e. The van der Waals surface area contributed by atoms with Crippen molar-refractivity contribution in [2.24, 2.45) is 0 Å². The van der Waals surface area contributed by atoms with Crippen LogP contribution in [-0.2, 0) is 14.4 Å². The predicted octanol–water partition coefficient (Wildman–Crippen LogP) is 1.66. The summed E-state index contributed by atoms with van der Waals surface area (Å²) in [5.41, 5.74) is 0. The van der Waals surface area contributed by atoms with Gasteiger partial charge in [-0.05, 0) is 31.2 Å². The molecule has 20 heavy (non-hydrogen) atoms. The van der Waals surface area contributed by atoms with E-state index in [-0.39, 0.29) is 18.6 Å². The molecular formula is C13H13NO6. The fraction of sp³-hybridized carbons (Fsp3) is 0.308. The number of ether oxygens (including phenoxy) is 2. The molecule has 1 aromatic rings. The van der Waals surface area contributed by atoms with E-state index in [1.165, 1.54) is 12.1 Å². The first-order valence-corrected chi connectivity index (χ1v) is 6.08. The molecule has 1 heterocycles. The second-order valence-electron chi connectivity index (χ2n) is 3.93. The Labute approximate surface area is 115 Å². The smallest absolute Gasteiger partial charge is 0.494 e. The quantitative estimate of drug-likeness (QED) is 0.473. The van der Waals surface area contributed by atoms with Crippen LogP contribution >= 0.6 is 0 Å². The van der Waals surface area contributed by atoms with Gasteiger partial charge in [-0.25, -0.2) is 4.79 Å². The zero-order chi connectivity index (χ0) is 14.5. The number of hydroxylamine groups is 2. The van der Waals surface area contributed by atoms with Crippen molar-refractivity contribution in [3.05, 3.63) is 24.3 Å². The Balaban J connectivity index is 1.91. The Kier molecular flexibility index (Phi) is 4.19.